The van der Waals surface area contributed by atoms with Crippen LogP contribution in [-0.4, -0.2) is 17.6 Å². The highest BCUT2D eigenvalue weighted by Gasteiger charge is 2.48. The summed E-state index contributed by atoms with van der Waals surface area (Å²) < 4.78 is 0. The lowest BCUT2D eigenvalue weighted by molar-refractivity contribution is -0.135. The molecule has 0 bridgehead atoms. The van der Waals surface area contributed by atoms with Crippen LogP contribution in [0.2, 0.25) is 0 Å². The first kappa shape index (κ1) is 11.9. The van der Waals surface area contributed by atoms with Crippen molar-refractivity contribution in [1.82, 2.24) is 0 Å². The molecule has 0 spiro atoms. The summed E-state index contributed by atoms with van der Waals surface area (Å²) in [5, 5.41) is 10.6. The topological polar surface area (TPSA) is 40.5 Å². The predicted octanol–water partition coefficient (Wildman–Crippen LogP) is 2.13. The Balaban J connectivity index is 2.66. The smallest absolute Gasteiger partial charge is 0.264 e. The maximum Gasteiger partial charge on any atom is 0.264 e. The number of anilines is 1. The van der Waals surface area contributed by atoms with E-state index in [1.165, 1.54) is 0 Å². The molecule has 1 amide bonds. The molecule has 2 rings (SSSR count). The molecule has 0 saturated carbocycles. The molecule has 90 valence electrons. The molecule has 0 radical (unpaired) electrons. The van der Waals surface area contributed by atoms with Crippen LogP contribution in [0, 0.1) is 6.92 Å². The number of carbonyl (C=O) groups is 1. The van der Waals surface area contributed by atoms with Crippen molar-refractivity contribution in [2.75, 3.05) is 11.4 Å². The SMILES string of the molecule is C=CCC1(O)C(=O)N(CC)c2c(C)cccc21. The Bertz CT molecular complexity index is 481. The number of likely N-dealkylation sites (N-methyl/N-ethyl adjacent to an activating group) is 1. The number of hydrogen-bond donors (Lipinski definition) is 1. The molecule has 1 aromatic carbocycles. The van der Waals surface area contributed by atoms with Gasteiger partial charge in [0, 0.05) is 18.5 Å². The van der Waals surface area contributed by atoms with E-state index < -0.39 is 5.60 Å². The molecule has 0 aromatic heterocycles. The van der Waals surface area contributed by atoms with Gasteiger partial charge < -0.3 is 10.0 Å². The number of aryl methyl sites for hydroxylation is 1. The summed E-state index contributed by atoms with van der Waals surface area (Å²) in [5.41, 5.74) is 1.13. The Kier molecular flexibility index (Phi) is 2.79. The number of benzene rings is 1. The van der Waals surface area contributed by atoms with Crippen LogP contribution in [0.15, 0.2) is 30.9 Å². The number of rotatable bonds is 3. The third-order valence-corrected chi connectivity index (χ3v) is 3.31. The van der Waals surface area contributed by atoms with E-state index in [0.717, 1.165) is 11.3 Å². The van der Waals surface area contributed by atoms with Crippen LogP contribution < -0.4 is 4.90 Å². The third-order valence-electron chi connectivity index (χ3n) is 3.31. The molecule has 1 heterocycles. The zero-order chi connectivity index (χ0) is 12.6. The molecule has 1 atom stereocenters. The first-order valence-corrected chi connectivity index (χ1v) is 5.81. The zero-order valence-corrected chi connectivity index (χ0v) is 10.2. The monoisotopic (exact) mass is 231 g/mol. The van der Waals surface area contributed by atoms with Gasteiger partial charge in [0.1, 0.15) is 0 Å². The highest BCUT2D eigenvalue weighted by molar-refractivity contribution is 6.07. The average Bonchev–Trinajstić information content (AvgIpc) is 2.52. The van der Waals surface area contributed by atoms with Crippen molar-refractivity contribution >= 4 is 11.6 Å². The Morgan fingerprint density at radius 2 is 2.24 bits per heavy atom. The second-order valence-corrected chi connectivity index (χ2v) is 4.37. The Morgan fingerprint density at radius 1 is 1.53 bits per heavy atom. The molecule has 1 aromatic rings. The highest BCUT2D eigenvalue weighted by Crippen LogP contribution is 2.43. The van der Waals surface area contributed by atoms with Gasteiger partial charge in [0.2, 0.25) is 0 Å². The summed E-state index contributed by atoms with van der Waals surface area (Å²) in [5.74, 6) is -0.246. The number of aliphatic hydroxyl groups is 1. The van der Waals surface area contributed by atoms with E-state index in [-0.39, 0.29) is 12.3 Å². The van der Waals surface area contributed by atoms with Crippen LogP contribution in [0.5, 0.6) is 0 Å². The number of carbonyl (C=O) groups excluding carboxylic acids is 1. The summed E-state index contributed by atoms with van der Waals surface area (Å²) in [6.07, 6.45) is 1.84. The van der Waals surface area contributed by atoms with E-state index >= 15 is 0 Å². The van der Waals surface area contributed by atoms with Gasteiger partial charge >= 0.3 is 0 Å². The third kappa shape index (κ3) is 1.50. The van der Waals surface area contributed by atoms with Gasteiger partial charge in [-0.2, -0.15) is 0 Å². The molecule has 1 N–H and O–H groups in total. The van der Waals surface area contributed by atoms with Crippen LogP contribution in [0.1, 0.15) is 24.5 Å². The summed E-state index contributed by atoms with van der Waals surface area (Å²) in [6.45, 7) is 8.05. The van der Waals surface area contributed by atoms with E-state index in [0.29, 0.717) is 12.1 Å². The molecule has 1 unspecified atom stereocenters. The molecule has 0 saturated heterocycles. The van der Waals surface area contributed by atoms with Crippen molar-refractivity contribution in [2.24, 2.45) is 0 Å². The van der Waals surface area contributed by atoms with Crippen molar-refractivity contribution in [2.45, 2.75) is 25.9 Å². The second kappa shape index (κ2) is 4.00. The largest absolute Gasteiger partial charge is 0.375 e. The predicted molar refractivity (Wildman–Crippen MR) is 67.9 cm³/mol. The van der Waals surface area contributed by atoms with Crippen molar-refractivity contribution in [3.05, 3.63) is 42.0 Å². The molecular weight excluding hydrogens is 214 g/mol. The number of para-hydroxylation sites is 1. The minimum atomic E-state index is -1.43. The molecule has 1 aliphatic rings. The molecule has 3 heteroatoms. The van der Waals surface area contributed by atoms with Crippen molar-refractivity contribution in [3.8, 4) is 0 Å². The van der Waals surface area contributed by atoms with Gasteiger partial charge in [-0.1, -0.05) is 24.3 Å². The highest BCUT2D eigenvalue weighted by atomic mass is 16.3. The first-order valence-electron chi connectivity index (χ1n) is 5.81. The van der Waals surface area contributed by atoms with Gasteiger partial charge in [-0.25, -0.2) is 0 Å². The van der Waals surface area contributed by atoms with Gasteiger partial charge in [0.15, 0.2) is 5.60 Å². The number of fused-ring (bicyclic) bond motifs is 1. The van der Waals surface area contributed by atoms with E-state index in [1.807, 2.05) is 32.0 Å². The second-order valence-electron chi connectivity index (χ2n) is 4.37. The summed E-state index contributed by atoms with van der Waals surface area (Å²) in [4.78, 5) is 13.9. The average molecular weight is 231 g/mol. The molecule has 1 aliphatic heterocycles. The van der Waals surface area contributed by atoms with Crippen molar-refractivity contribution < 1.29 is 9.90 Å². The number of nitrogens with zero attached hydrogens (tertiary/aromatic N) is 1. The van der Waals surface area contributed by atoms with Gasteiger partial charge in [-0.05, 0) is 19.4 Å². The van der Waals surface area contributed by atoms with Gasteiger partial charge in [0.05, 0.1) is 5.69 Å². The van der Waals surface area contributed by atoms with E-state index in [1.54, 1.807) is 11.0 Å². The summed E-state index contributed by atoms with van der Waals surface area (Å²) in [6, 6.07) is 5.64. The lowest BCUT2D eigenvalue weighted by Crippen LogP contribution is -2.39. The number of hydrogen-bond acceptors (Lipinski definition) is 2. The minimum absolute atomic E-state index is 0.246. The fourth-order valence-corrected chi connectivity index (χ4v) is 2.50. The van der Waals surface area contributed by atoms with Gasteiger partial charge in [-0.15, -0.1) is 6.58 Å². The van der Waals surface area contributed by atoms with E-state index in [9.17, 15) is 9.90 Å². The van der Waals surface area contributed by atoms with Crippen LogP contribution in [0.25, 0.3) is 0 Å². The minimum Gasteiger partial charge on any atom is -0.375 e. The summed E-state index contributed by atoms with van der Waals surface area (Å²) in [7, 11) is 0. The lowest BCUT2D eigenvalue weighted by atomic mass is 9.91. The van der Waals surface area contributed by atoms with E-state index in [2.05, 4.69) is 6.58 Å². The Hall–Kier alpha value is -1.61. The standard InChI is InChI=1S/C14H17NO2/c1-4-9-14(17)11-8-6-7-10(3)12(11)15(5-2)13(14)16/h4,6-8,17H,1,5,9H2,2-3H3. The normalized spacial score (nSPS) is 22.8. The molecule has 0 fully saturated rings. The quantitative estimate of drug-likeness (QED) is 0.809. The molecule has 0 aliphatic carbocycles. The Morgan fingerprint density at radius 3 is 2.82 bits per heavy atom. The van der Waals surface area contributed by atoms with Crippen LogP contribution >= 0.6 is 0 Å². The maximum atomic E-state index is 12.3. The van der Waals surface area contributed by atoms with Gasteiger partial charge in [0.25, 0.3) is 5.91 Å². The lowest BCUT2D eigenvalue weighted by Gasteiger charge is -2.20. The molecule has 3 nitrogen and oxygen atoms in total. The molecular formula is C14H17NO2. The van der Waals surface area contributed by atoms with Crippen molar-refractivity contribution in [1.29, 1.82) is 0 Å². The number of amides is 1. The fourth-order valence-electron chi connectivity index (χ4n) is 2.50. The zero-order valence-electron chi connectivity index (χ0n) is 10.2. The summed E-state index contributed by atoms with van der Waals surface area (Å²) >= 11 is 0. The van der Waals surface area contributed by atoms with Crippen molar-refractivity contribution in [3.63, 3.8) is 0 Å². The van der Waals surface area contributed by atoms with Crippen LogP contribution in [-0.2, 0) is 10.4 Å². The van der Waals surface area contributed by atoms with Gasteiger partial charge in [-0.3, -0.25) is 4.79 Å². The Labute approximate surface area is 101 Å². The van der Waals surface area contributed by atoms with Crippen LogP contribution in [0.3, 0.4) is 0 Å². The first-order chi connectivity index (χ1) is 8.06. The van der Waals surface area contributed by atoms with E-state index in [4.69, 9.17) is 0 Å². The maximum absolute atomic E-state index is 12.3. The fraction of sp³-hybridized carbons (Fsp3) is 0.357. The van der Waals surface area contributed by atoms with Crippen LogP contribution in [0.4, 0.5) is 5.69 Å². The molecule has 17 heavy (non-hydrogen) atoms.